The lowest BCUT2D eigenvalue weighted by Crippen LogP contribution is -2.51. The number of amides is 5. The summed E-state index contributed by atoms with van der Waals surface area (Å²) in [5.74, 6) is 0.222. The summed E-state index contributed by atoms with van der Waals surface area (Å²) >= 11 is 0. The maximum absolute atomic E-state index is 13.4. The van der Waals surface area contributed by atoms with Crippen molar-refractivity contribution in [2.75, 3.05) is 122 Å². The molecule has 3 saturated heterocycles. The predicted octanol–water partition coefficient (Wildman–Crippen LogP) is 12.7. The number of hydrogen-bond donors (Lipinski definition) is 7. The minimum atomic E-state index is -0.219. The second kappa shape index (κ2) is 36.5. The van der Waals surface area contributed by atoms with Gasteiger partial charge in [-0.15, -0.1) is 0 Å². The molecule has 25 heteroatoms. The fourth-order valence-corrected chi connectivity index (χ4v) is 19.0. The highest BCUT2D eigenvalue weighted by Crippen LogP contribution is 2.50. The van der Waals surface area contributed by atoms with Crippen molar-refractivity contribution < 1.29 is 33.9 Å². The first kappa shape index (κ1) is 85.0. The number of Topliss-reactive ketones (excluding diaryl/α,β-unsaturated/α-hetero) is 1. The normalized spacial score (nSPS) is 19.4. The predicted molar refractivity (Wildman–Crippen MR) is 492 cm³/mol. The Morgan fingerprint density at radius 3 is 1.29 bits per heavy atom. The number of anilines is 3. The summed E-state index contributed by atoms with van der Waals surface area (Å²) in [7, 11) is 6.04. The van der Waals surface area contributed by atoms with E-state index in [1.807, 2.05) is 175 Å². The first-order valence-electron chi connectivity index (χ1n) is 44.0. The van der Waals surface area contributed by atoms with E-state index in [9.17, 15) is 43.5 Å². The van der Waals surface area contributed by atoms with Crippen molar-refractivity contribution in [3.63, 3.8) is 0 Å². The maximum atomic E-state index is 13.4. The summed E-state index contributed by atoms with van der Waals surface area (Å²) in [6, 6.07) is 66.1. The fraction of sp³-hybridized carbons (Fsp3) is 0.337. The van der Waals surface area contributed by atoms with Crippen LogP contribution in [0.5, 0.6) is 0 Å². The third kappa shape index (κ3) is 17.3. The number of aliphatic hydroxyl groups is 1. The number of benzene rings is 9. The van der Waals surface area contributed by atoms with Gasteiger partial charge >= 0.3 is 0 Å². The Labute approximate surface area is 733 Å². The number of ketones is 1. The molecule has 9 heterocycles. The van der Waals surface area contributed by atoms with Crippen molar-refractivity contribution in [2.24, 2.45) is 22.7 Å². The standard InChI is InChI=1S/C34H38N6O3.C34H36N4O3.C33H34N6O3/c1-21(2)33(42)39-16-18-40(19-17-39)34(43)25-14-12-23(13-15-25)28-30(24-10-8-22(9-11-24)20-38(3)4)35-27-7-5-6-26-29(27)31(28)36-37-32(26)41;1-21(2)34(41)38-17-15-37(16-18-38)22(3)24-11-13-25(14-12-24)30-32(26-9-7-23(20-39)8-10-26)36-28-6-4-5-27-29(40)19-35-33(30)31(27)28;1-34-19-20-5-7-22(8-6-20)29-27(30-28-25(31(40)37-36-30)3-2-4-26(28)35-29)21-9-11-23(12-10-21)32(41)38-15-17-39(18-16-38)33(42)24-13-14-24/h5-15,21,28,30,35H,16-20H2,1-4H3,(H,37,41);4-14,21,30,32,36,39H,3,15-20H2,1-2H3;2-12,24,27,29,34-35H,13-19H2,1H3,(H,37,40). The number of carbonyl (C=O) groups excluding carboxylic acids is 6. The molecular formula is C101H108N16O9. The van der Waals surface area contributed by atoms with Crippen molar-refractivity contribution in [3.8, 4) is 0 Å². The second-order valence-electron chi connectivity index (χ2n) is 35.1. The van der Waals surface area contributed by atoms with E-state index >= 15 is 0 Å². The van der Waals surface area contributed by atoms with E-state index in [-0.39, 0.29) is 113 Å². The Morgan fingerprint density at radius 2 is 0.849 bits per heavy atom. The minimum absolute atomic E-state index is 0.00273. The van der Waals surface area contributed by atoms with Crippen LogP contribution < -0.4 is 32.4 Å². The number of aliphatic hydroxyl groups excluding tert-OH is 1. The van der Waals surface area contributed by atoms with Gasteiger partial charge in [0, 0.05) is 165 Å². The summed E-state index contributed by atoms with van der Waals surface area (Å²) in [6.07, 6.45) is 1.99. The number of H-pyrrole nitrogens is 2. The second-order valence-corrected chi connectivity index (χ2v) is 35.1. The number of aliphatic imine (C=N–C) groups is 1. The van der Waals surface area contributed by atoms with E-state index in [1.165, 1.54) is 11.1 Å². The minimum Gasteiger partial charge on any atom is -0.392 e. The number of piperazine rings is 3. The number of nitrogens with zero attached hydrogens (tertiary/aromatic N) is 10. The first-order chi connectivity index (χ1) is 61.1. The highest BCUT2D eigenvalue weighted by molar-refractivity contribution is 6.21. The van der Waals surface area contributed by atoms with Gasteiger partial charge in [0.05, 0.1) is 70.4 Å². The molecule has 11 aromatic rings. The molecule has 0 bridgehead atoms. The molecule has 7 aliphatic heterocycles. The van der Waals surface area contributed by atoms with Crippen molar-refractivity contribution in [1.82, 2.24) is 60.0 Å². The summed E-state index contributed by atoms with van der Waals surface area (Å²) in [4.78, 5) is 121. The smallest absolute Gasteiger partial charge is 0.272 e. The van der Waals surface area contributed by atoms with Crippen LogP contribution in [0.3, 0.4) is 0 Å². The van der Waals surface area contributed by atoms with E-state index in [0.717, 1.165) is 145 Å². The summed E-state index contributed by atoms with van der Waals surface area (Å²) in [5, 5.41) is 41.4. The molecule has 0 radical (unpaired) electrons. The Hall–Kier alpha value is -13.2. The Balaban J connectivity index is 0.000000133. The van der Waals surface area contributed by atoms with Gasteiger partial charge in [-0.1, -0.05) is 180 Å². The number of nitrogens with one attached hydrogen (secondary N) is 6. The maximum Gasteiger partial charge on any atom is 0.272 e. The van der Waals surface area contributed by atoms with Crippen LogP contribution in [0.15, 0.2) is 221 Å². The molecule has 1 saturated carbocycles. The molecule has 6 atom stereocenters. The van der Waals surface area contributed by atoms with Gasteiger partial charge in [-0.2, -0.15) is 10.2 Å². The molecule has 4 fully saturated rings. The fourth-order valence-electron chi connectivity index (χ4n) is 19.0. The van der Waals surface area contributed by atoms with Crippen molar-refractivity contribution in [2.45, 2.75) is 96.1 Å². The molecule has 1 aliphatic carbocycles. The molecule has 7 N–H and O–H groups in total. The van der Waals surface area contributed by atoms with Crippen LogP contribution in [-0.4, -0.2) is 207 Å². The Morgan fingerprint density at radius 1 is 0.460 bits per heavy atom. The molecule has 126 heavy (non-hydrogen) atoms. The van der Waals surface area contributed by atoms with E-state index < -0.39 is 0 Å². The molecular weight excluding hydrogens is 1580 g/mol. The quantitative estimate of drug-likeness (QED) is 0.0420. The highest BCUT2D eigenvalue weighted by atomic mass is 16.3. The highest BCUT2D eigenvalue weighted by Gasteiger charge is 2.43. The zero-order valence-electron chi connectivity index (χ0n) is 72.4. The lowest BCUT2D eigenvalue weighted by molar-refractivity contribution is -0.136. The Bertz CT molecular complexity index is 6100. The van der Waals surface area contributed by atoms with Gasteiger partial charge in [0.1, 0.15) is 6.54 Å². The average Bonchev–Trinajstić information content (AvgIpc) is 0.949. The summed E-state index contributed by atoms with van der Waals surface area (Å²) in [5.41, 5.74) is 19.3. The van der Waals surface area contributed by atoms with Crippen LogP contribution in [0.4, 0.5) is 17.1 Å². The number of aromatic amines is 2. The molecule has 19 rings (SSSR count). The third-order valence-electron chi connectivity index (χ3n) is 25.9. The van der Waals surface area contributed by atoms with Gasteiger partial charge in [0.25, 0.3) is 22.9 Å². The SMILES string of the molecule is C=C(c1ccc(C2C3=NCC(=O)c4cccc(c43)NC2c2ccc(CO)cc2)cc1)N1CCN(C(=O)C(C)C)CC1.CC(C)C(=O)N1CCN(C(=O)c2ccc(C3c4n[nH]c(=O)c5cccc(c45)NC3c3ccc(CN(C)C)cc3)cc2)CC1.CNCc1ccc(C2Nc3cccc4c(=O)[nH]nc(c34)C2c2ccc(C(=O)N3CCN(C(=O)C4CC4)CC3)cc2)cc1. The van der Waals surface area contributed by atoms with Crippen LogP contribution in [0.25, 0.3) is 27.2 Å². The lowest BCUT2D eigenvalue weighted by Gasteiger charge is -2.39. The molecule has 2 aromatic heterocycles. The molecule has 25 nitrogen and oxygen atoms in total. The van der Waals surface area contributed by atoms with Crippen molar-refractivity contribution in [1.29, 1.82) is 0 Å². The third-order valence-corrected chi connectivity index (χ3v) is 25.9. The van der Waals surface area contributed by atoms with Crippen LogP contribution >= 0.6 is 0 Å². The molecule has 9 aromatic carbocycles. The Kier molecular flexibility index (Phi) is 24.6. The van der Waals surface area contributed by atoms with Crippen LogP contribution in [0.2, 0.25) is 0 Å². The van der Waals surface area contributed by atoms with E-state index in [1.54, 1.807) is 0 Å². The van der Waals surface area contributed by atoms with E-state index in [4.69, 9.17) is 4.99 Å². The van der Waals surface area contributed by atoms with Crippen molar-refractivity contribution in [3.05, 3.63) is 317 Å². The monoisotopic (exact) mass is 1690 g/mol. The number of carbonyl (C=O) groups is 6. The molecule has 0 spiro atoms. The largest absolute Gasteiger partial charge is 0.392 e. The van der Waals surface area contributed by atoms with Crippen LogP contribution in [0.1, 0.15) is 180 Å². The number of rotatable bonds is 18. The molecule has 5 amide bonds. The summed E-state index contributed by atoms with van der Waals surface area (Å²) < 4.78 is 0. The average molecular weight is 1690 g/mol. The van der Waals surface area contributed by atoms with Gasteiger partial charge in [-0.3, -0.25) is 43.3 Å². The van der Waals surface area contributed by atoms with Gasteiger partial charge in [0.15, 0.2) is 5.78 Å². The van der Waals surface area contributed by atoms with Crippen molar-refractivity contribution >= 4 is 85.3 Å². The number of aromatic nitrogens is 4. The van der Waals surface area contributed by atoms with Gasteiger partial charge < -0.3 is 60.7 Å². The lowest BCUT2D eigenvalue weighted by atomic mass is 9.75. The van der Waals surface area contributed by atoms with Gasteiger partial charge in [-0.25, -0.2) is 10.2 Å². The molecule has 646 valence electrons. The zero-order valence-corrected chi connectivity index (χ0v) is 72.4. The van der Waals surface area contributed by atoms with Gasteiger partial charge in [0.2, 0.25) is 17.7 Å². The topological polar surface area (TPSA) is 297 Å². The van der Waals surface area contributed by atoms with Gasteiger partial charge in [-0.05, 0) is 144 Å². The molecule has 8 aliphatic rings. The molecule has 6 unspecified atom stereocenters. The number of hydrogen-bond acceptors (Lipinski definition) is 18. The van der Waals surface area contributed by atoms with Crippen LogP contribution in [-0.2, 0) is 34.1 Å². The van der Waals surface area contributed by atoms with Crippen LogP contribution in [0, 0.1) is 17.8 Å². The van der Waals surface area contributed by atoms with E-state index in [0.29, 0.717) is 87.3 Å². The van der Waals surface area contributed by atoms with E-state index in [2.05, 4.69) is 157 Å². The zero-order chi connectivity index (χ0) is 87.7. The summed E-state index contributed by atoms with van der Waals surface area (Å²) in [6.45, 7) is 21.3. The first-order valence-corrected chi connectivity index (χ1v) is 44.0.